The number of nitrogens with zero attached hydrogens (tertiary/aromatic N) is 5. The highest BCUT2D eigenvalue weighted by atomic mass is 32.2. The van der Waals surface area contributed by atoms with Crippen LogP contribution >= 0.6 is 0 Å². The fraction of sp³-hybridized carbons (Fsp3) is 0.450. The van der Waals surface area contributed by atoms with E-state index < -0.39 is 10.0 Å². The van der Waals surface area contributed by atoms with Gasteiger partial charge in [0.25, 0.3) is 0 Å². The molecular weight excluding hydrogens is 404 g/mol. The Bertz CT molecular complexity index is 1070. The Kier molecular flexibility index (Phi) is 5.37. The Hall–Kier alpha value is -2.72. The van der Waals surface area contributed by atoms with Crippen LogP contribution in [0.1, 0.15) is 24.0 Å². The number of hydrogen-bond donors (Lipinski definition) is 1. The number of fused-ring (bicyclic) bond motifs is 1. The van der Waals surface area contributed by atoms with E-state index >= 15 is 0 Å². The van der Waals surface area contributed by atoms with Gasteiger partial charge in [-0.15, -0.1) is 0 Å². The zero-order valence-electron chi connectivity index (χ0n) is 17.4. The average Bonchev–Trinajstić information content (AvgIpc) is 2.71. The first kappa shape index (κ1) is 20.5. The average molecular weight is 431 g/mol. The molecule has 10 heteroatoms. The Morgan fingerprint density at radius 2 is 1.87 bits per heavy atom. The van der Waals surface area contributed by atoms with Crippen molar-refractivity contribution in [1.29, 1.82) is 0 Å². The number of sulfonamides is 1. The van der Waals surface area contributed by atoms with Crippen LogP contribution in [0.2, 0.25) is 0 Å². The van der Waals surface area contributed by atoms with Gasteiger partial charge < -0.3 is 5.32 Å². The van der Waals surface area contributed by atoms with E-state index in [0.717, 1.165) is 16.8 Å². The van der Waals surface area contributed by atoms with Crippen molar-refractivity contribution in [3.05, 3.63) is 41.6 Å². The number of carbonyl (C=O) groups is 1. The molecule has 30 heavy (non-hydrogen) atoms. The Labute approximate surface area is 176 Å². The summed E-state index contributed by atoms with van der Waals surface area (Å²) in [7, 11) is -1.44. The third kappa shape index (κ3) is 3.97. The molecule has 1 fully saturated rings. The van der Waals surface area contributed by atoms with Crippen LogP contribution in [0.4, 0.5) is 22.2 Å². The van der Waals surface area contributed by atoms with Crippen molar-refractivity contribution in [1.82, 2.24) is 14.3 Å². The summed E-state index contributed by atoms with van der Waals surface area (Å²) in [6.07, 6.45) is 4.36. The van der Waals surface area contributed by atoms with Gasteiger partial charge in [-0.1, -0.05) is 18.2 Å². The first-order valence-electron chi connectivity index (χ1n) is 9.92. The Morgan fingerprint density at radius 1 is 1.17 bits per heavy atom. The number of rotatable bonds is 4. The van der Waals surface area contributed by atoms with Gasteiger partial charge in [0, 0.05) is 43.6 Å². The molecule has 2 aliphatic rings. The number of aromatic nitrogens is 2. The van der Waals surface area contributed by atoms with Crippen molar-refractivity contribution in [2.75, 3.05) is 41.5 Å². The normalized spacial score (nSPS) is 18.4. The van der Waals surface area contributed by atoms with Crippen LogP contribution in [0.15, 0.2) is 30.5 Å². The van der Waals surface area contributed by atoms with Crippen molar-refractivity contribution in [2.45, 2.75) is 32.4 Å². The van der Waals surface area contributed by atoms with E-state index in [1.54, 1.807) is 23.0 Å². The number of nitrogens with one attached hydrogen (secondary N) is 1. The van der Waals surface area contributed by atoms with E-state index in [0.29, 0.717) is 44.2 Å². The van der Waals surface area contributed by atoms with Crippen molar-refractivity contribution in [2.24, 2.45) is 0 Å². The molecular formula is C20H26N6O3S. The first-order valence-corrected chi connectivity index (χ1v) is 11.8. The molecule has 0 radical (unpaired) electrons. The van der Waals surface area contributed by atoms with Crippen LogP contribution in [0.25, 0.3) is 0 Å². The molecule has 9 nitrogen and oxygen atoms in total. The molecule has 1 saturated heterocycles. The van der Waals surface area contributed by atoms with Gasteiger partial charge >= 0.3 is 6.03 Å². The van der Waals surface area contributed by atoms with E-state index in [9.17, 15) is 13.2 Å². The largest absolute Gasteiger partial charge is 0.351 e. The molecule has 0 spiro atoms. The number of carbonyl (C=O) groups excluding carboxylic acids is 1. The fourth-order valence-corrected chi connectivity index (χ4v) is 4.82. The van der Waals surface area contributed by atoms with Crippen molar-refractivity contribution in [3.63, 3.8) is 0 Å². The maximum Gasteiger partial charge on any atom is 0.330 e. The topological polar surface area (TPSA) is 98.7 Å². The predicted molar refractivity (Wildman–Crippen MR) is 116 cm³/mol. The standard InChI is InChI=1S/C20H26N6O3S/c1-14-6-4-5-7-17(14)26-13-15-12-21-19(23-18(15)24(2)20(26)27)22-16-8-10-25(11-9-16)30(3,28)29/h4-7,12,16H,8-11,13H2,1-3H3,(H,21,22,23). The number of anilines is 3. The molecule has 0 saturated carbocycles. The molecule has 2 aromatic rings. The molecule has 4 rings (SSSR count). The fourth-order valence-electron chi connectivity index (χ4n) is 3.95. The number of piperidine rings is 1. The summed E-state index contributed by atoms with van der Waals surface area (Å²) < 4.78 is 24.8. The molecule has 3 heterocycles. The minimum Gasteiger partial charge on any atom is -0.351 e. The highest BCUT2D eigenvalue weighted by Crippen LogP contribution is 2.31. The van der Waals surface area contributed by atoms with Gasteiger partial charge in [-0.2, -0.15) is 4.98 Å². The molecule has 2 aliphatic heterocycles. The number of hydrogen-bond acceptors (Lipinski definition) is 6. The lowest BCUT2D eigenvalue weighted by Crippen LogP contribution is -2.46. The summed E-state index contributed by atoms with van der Waals surface area (Å²) >= 11 is 0. The third-order valence-electron chi connectivity index (χ3n) is 5.67. The second-order valence-electron chi connectivity index (χ2n) is 7.84. The molecule has 0 bridgehead atoms. The smallest absolute Gasteiger partial charge is 0.330 e. The molecule has 1 aromatic carbocycles. The second-order valence-corrected chi connectivity index (χ2v) is 9.82. The van der Waals surface area contributed by atoms with Gasteiger partial charge in [0.1, 0.15) is 5.82 Å². The van der Waals surface area contributed by atoms with Gasteiger partial charge in [-0.3, -0.25) is 9.80 Å². The number of benzene rings is 1. The van der Waals surface area contributed by atoms with E-state index in [1.165, 1.54) is 10.6 Å². The SMILES string of the molecule is Cc1ccccc1N1Cc2cnc(NC3CCN(S(C)(=O)=O)CC3)nc2N(C)C1=O. The van der Waals surface area contributed by atoms with Crippen LogP contribution in [-0.4, -0.2) is 61.2 Å². The second kappa shape index (κ2) is 7.84. The van der Waals surface area contributed by atoms with Crippen molar-refractivity contribution < 1.29 is 13.2 Å². The lowest BCUT2D eigenvalue weighted by atomic mass is 10.1. The highest BCUT2D eigenvalue weighted by Gasteiger charge is 2.32. The van der Waals surface area contributed by atoms with Crippen molar-refractivity contribution >= 4 is 33.5 Å². The van der Waals surface area contributed by atoms with E-state index in [-0.39, 0.29) is 12.1 Å². The lowest BCUT2D eigenvalue weighted by molar-refractivity contribution is 0.251. The Balaban J connectivity index is 1.50. The summed E-state index contributed by atoms with van der Waals surface area (Å²) in [4.78, 5) is 25.3. The molecule has 0 unspecified atom stereocenters. The minimum absolute atomic E-state index is 0.0918. The summed E-state index contributed by atoms with van der Waals surface area (Å²) in [5, 5.41) is 3.30. The maximum absolute atomic E-state index is 13.0. The number of para-hydroxylation sites is 1. The zero-order chi connectivity index (χ0) is 21.5. The van der Waals surface area contributed by atoms with Gasteiger partial charge in [-0.25, -0.2) is 22.5 Å². The van der Waals surface area contributed by atoms with Crippen LogP contribution in [-0.2, 0) is 16.6 Å². The molecule has 0 atom stereocenters. The lowest BCUT2D eigenvalue weighted by Gasteiger charge is -2.35. The van der Waals surface area contributed by atoms with Gasteiger partial charge in [-0.05, 0) is 31.4 Å². The highest BCUT2D eigenvalue weighted by molar-refractivity contribution is 7.88. The molecule has 2 amide bonds. The van der Waals surface area contributed by atoms with E-state index in [2.05, 4.69) is 15.3 Å². The number of urea groups is 1. The number of amides is 2. The van der Waals surface area contributed by atoms with E-state index in [1.807, 2.05) is 31.2 Å². The van der Waals surface area contributed by atoms with Gasteiger partial charge in [0.05, 0.1) is 12.8 Å². The van der Waals surface area contributed by atoms with Crippen LogP contribution in [0, 0.1) is 6.92 Å². The minimum atomic E-state index is -3.15. The van der Waals surface area contributed by atoms with E-state index in [4.69, 9.17) is 0 Å². The summed E-state index contributed by atoms with van der Waals surface area (Å²) in [5.41, 5.74) is 2.78. The maximum atomic E-state index is 13.0. The number of aryl methyl sites for hydroxylation is 1. The monoisotopic (exact) mass is 430 g/mol. The zero-order valence-corrected chi connectivity index (χ0v) is 18.2. The quantitative estimate of drug-likeness (QED) is 0.798. The van der Waals surface area contributed by atoms with Crippen LogP contribution in [0.5, 0.6) is 0 Å². The molecule has 1 N–H and O–H groups in total. The molecule has 1 aromatic heterocycles. The Morgan fingerprint density at radius 3 is 2.53 bits per heavy atom. The van der Waals surface area contributed by atoms with Gasteiger partial charge in [0.15, 0.2) is 0 Å². The first-order chi connectivity index (χ1) is 14.2. The van der Waals surface area contributed by atoms with Crippen LogP contribution in [0.3, 0.4) is 0 Å². The molecule has 0 aliphatic carbocycles. The predicted octanol–water partition coefficient (Wildman–Crippen LogP) is 2.20. The summed E-state index contributed by atoms with van der Waals surface area (Å²) in [6.45, 7) is 3.35. The molecule has 160 valence electrons. The van der Waals surface area contributed by atoms with Crippen LogP contribution < -0.4 is 15.1 Å². The third-order valence-corrected chi connectivity index (χ3v) is 6.97. The van der Waals surface area contributed by atoms with Crippen molar-refractivity contribution in [3.8, 4) is 0 Å². The summed E-state index contributed by atoms with van der Waals surface area (Å²) in [5.74, 6) is 1.05. The summed E-state index contributed by atoms with van der Waals surface area (Å²) in [6, 6.07) is 7.75. The van der Waals surface area contributed by atoms with Gasteiger partial charge in [0.2, 0.25) is 16.0 Å².